The molecule has 1 N–H and O–H groups in total. The van der Waals surface area contributed by atoms with Crippen molar-refractivity contribution in [3.05, 3.63) is 59.2 Å². The number of amides is 1. The van der Waals surface area contributed by atoms with E-state index in [0.29, 0.717) is 42.5 Å². The molecule has 2 aromatic carbocycles. The fraction of sp³-hybridized carbons (Fsp3) is 0.364. The van der Waals surface area contributed by atoms with Crippen LogP contribution in [0, 0.1) is 0 Å². The molecule has 0 aliphatic carbocycles. The number of hydrogen-bond donors (Lipinski definition) is 1. The van der Waals surface area contributed by atoms with Crippen LogP contribution in [0.1, 0.15) is 23.1 Å². The largest absolute Gasteiger partial charge is 0.493 e. The van der Waals surface area contributed by atoms with Gasteiger partial charge in [0.15, 0.2) is 11.5 Å². The Morgan fingerprint density at radius 1 is 1.16 bits per heavy atom. The summed E-state index contributed by atoms with van der Waals surface area (Å²) in [5.41, 5.74) is 2.94. The van der Waals surface area contributed by atoms with E-state index in [4.69, 9.17) is 9.47 Å². The van der Waals surface area contributed by atoms with Crippen LogP contribution in [-0.2, 0) is 34.5 Å². The van der Waals surface area contributed by atoms with Gasteiger partial charge in [0, 0.05) is 13.1 Å². The Balaban J connectivity index is 1.89. The summed E-state index contributed by atoms with van der Waals surface area (Å²) in [7, 11) is 0.487. The van der Waals surface area contributed by atoms with Crippen LogP contribution in [0.2, 0.25) is 0 Å². The van der Waals surface area contributed by atoms with Gasteiger partial charge in [0.25, 0.3) is 0 Å². The molecule has 1 atom stereocenters. The second-order valence-corrected chi connectivity index (χ2v) is 8.13. The Labute approximate surface area is 183 Å². The quantitative estimate of drug-likeness (QED) is 0.286. The second-order valence-electron chi connectivity index (χ2n) is 7.25. The van der Waals surface area contributed by atoms with E-state index in [-0.39, 0.29) is 17.8 Å². The summed E-state index contributed by atoms with van der Waals surface area (Å²) in [5, 5.41) is 10.6. The first kappa shape index (κ1) is 22.8. The lowest BCUT2D eigenvalue weighted by molar-refractivity contribution is -0.155. The van der Waals surface area contributed by atoms with Crippen molar-refractivity contribution in [2.45, 2.75) is 31.8 Å². The summed E-state index contributed by atoms with van der Waals surface area (Å²) in [6.07, 6.45) is 1.60. The molecule has 3 rings (SSSR count). The highest BCUT2D eigenvalue weighted by Crippen LogP contribution is 2.33. The van der Waals surface area contributed by atoms with Crippen molar-refractivity contribution in [2.75, 3.05) is 20.8 Å². The molecular formula is C22H26N2O6S. The number of aryl methyl sites for hydroxylation is 1. The Kier molecular flexibility index (Phi) is 7.67. The van der Waals surface area contributed by atoms with Crippen LogP contribution in [0.3, 0.4) is 0 Å². The van der Waals surface area contributed by atoms with E-state index in [1.54, 1.807) is 19.1 Å². The fourth-order valence-electron chi connectivity index (χ4n) is 3.89. The average Bonchev–Trinajstić information content (AvgIpc) is 2.80. The zero-order valence-corrected chi connectivity index (χ0v) is 18.3. The van der Waals surface area contributed by atoms with Gasteiger partial charge in [-0.25, -0.2) is 5.06 Å². The van der Waals surface area contributed by atoms with Crippen LogP contribution in [0.15, 0.2) is 42.5 Å². The van der Waals surface area contributed by atoms with Gasteiger partial charge in [-0.05, 0) is 48.1 Å². The lowest BCUT2D eigenvalue weighted by atomic mass is 9.97. The monoisotopic (exact) mass is 446 g/mol. The van der Waals surface area contributed by atoms with Crippen molar-refractivity contribution >= 4 is 21.7 Å². The van der Waals surface area contributed by atoms with Crippen LogP contribution < -0.4 is 9.47 Å². The van der Waals surface area contributed by atoms with Crippen molar-refractivity contribution in [1.82, 2.24) is 9.96 Å². The third kappa shape index (κ3) is 5.25. The molecular weight excluding hydrogens is 420 g/mol. The standard InChI is InChI=1S/C22H26N2O6S/c1-29-20-12-17-10-11-23(14-18(17)13-21(20)30-2)22(31(27)28)19(24(26)15-25)9-8-16-6-4-3-5-7-16/h3-7,12-13,15,19,26H,8-11,14H2,1-2H3. The van der Waals surface area contributed by atoms with E-state index in [0.717, 1.165) is 16.7 Å². The molecule has 0 aromatic heterocycles. The topological polar surface area (TPSA) is 96.4 Å². The molecule has 1 aliphatic heterocycles. The van der Waals surface area contributed by atoms with Gasteiger partial charge in [0.2, 0.25) is 16.7 Å². The van der Waals surface area contributed by atoms with E-state index in [1.165, 1.54) is 0 Å². The van der Waals surface area contributed by atoms with Gasteiger partial charge >= 0.3 is 0 Å². The maximum absolute atomic E-state index is 12.2. The molecule has 1 aliphatic rings. The summed E-state index contributed by atoms with van der Waals surface area (Å²) in [6, 6.07) is 12.3. The normalized spacial score (nSPS) is 14.3. The van der Waals surface area contributed by atoms with E-state index in [1.807, 2.05) is 42.5 Å². The zero-order chi connectivity index (χ0) is 22.4. The zero-order valence-electron chi connectivity index (χ0n) is 17.5. The molecule has 0 spiro atoms. The summed E-state index contributed by atoms with van der Waals surface area (Å²) in [4.78, 5) is 13.0. The number of fused-ring (bicyclic) bond motifs is 1. The molecule has 0 saturated carbocycles. The first-order valence-corrected chi connectivity index (χ1v) is 11.0. The molecule has 1 heterocycles. The third-order valence-electron chi connectivity index (χ3n) is 5.46. The van der Waals surface area contributed by atoms with Crippen LogP contribution >= 0.6 is 0 Å². The minimum Gasteiger partial charge on any atom is -0.493 e. The molecule has 166 valence electrons. The highest BCUT2D eigenvalue weighted by molar-refractivity contribution is 7.73. The smallest absolute Gasteiger partial charge is 0.233 e. The summed E-state index contributed by atoms with van der Waals surface area (Å²) >= 11 is 0. The predicted molar refractivity (Wildman–Crippen MR) is 116 cm³/mol. The average molecular weight is 447 g/mol. The van der Waals surface area contributed by atoms with Gasteiger partial charge in [-0.15, -0.1) is 0 Å². The van der Waals surface area contributed by atoms with Crippen molar-refractivity contribution < 1.29 is 27.9 Å². The number of hydrogen-bond acceptors (Lipinski definition) is 6. The first-order chi connectivity index (χ1) is 15.0. The number of benzene rings is 2. The molecule has 0 radical (unpaired) electrons. The van der Waals surface area contributed by atoms with Gasteiger partial charge < -0.3 is 9.47 Å². The van der Waals surface area contributed by atoms with Crippen LogP contribution in [0.25, 0.3) is 0 Å². The van der Waals surface area contributed by atoms with E-state index >= 15 is 0 Å². The summed E-state index contributed by atoms with van der Waals surface area (Å²) in [5.74, 6) is 1.18. The van der Waals surface area contributed by atoms with E-state index in [9.17, 15) is 18.4 Å². The number of carbonyl (C=O) groups excluding carboxylic acids is 1. The first-order valence-electron chi connectivity index (χ1n) is 9.89. The lowest BCUT2D eigenvalue weighted by Crippen LogP contribution is -2.49. The molecule has 0 fully saturated rings. The van der Waals surface area contributed by atoms with Crippen molar-refractivity contribution in [2.24, 2.45) is 0 Å². The fourth-order valence-corrected chi connectivity index (χ4v) is 4.70. The number of hydroxylamine groups is 2. The molecule has 31 heavy (non-hydrogen) atoms. The molecule has 2 aromatic rings. The van der Waals surface area contributed by atoms with Gasteiger partial charge in [-0.1, -0.05) is 30.3 Å². The van der Waals surface area contributed by atoms with Crippen molar-refractivity contribution in [1.29, 1.82) is 0 Å². The molecule has 1 amide bonds. The molecule has 0 bridgehead atoms. The predicted octanol–water partition coefficient (Wildman–Crippen LogP) is 1.92. The Hall–Kier alpha value is -2.88. The highest BCUT2D eigenvalue weighted by atomic mass is 32.2. The molecule has 0 saturated heterocycles. The molecule has 9 heteroatoms. The summed E-state index contributed by atoms with van der Waals surface area (Å²) in [6.45, 7) is 0.744. The molecule has 1 unspecified atom stereocenters. The second kappa shape index (κ2) is 10.4. The Morgan fingerprint density at radius 2 is 1.81 bits per heavy atom. The van der Waals surface area contributed by atoms with E-state index < -0.39 is 16.3 Å². The maximum atomic E-state index is 12.2. The van der Waals surface area contributed by atoms with Crippen molar-refractivity contribution in [3.63, 3.8) is 0 Å². The van der Waals surface area contributed by atoms with Crippen molar-refractivity contribution in [3.8, 4) is 11.5 Å². The minimum atomic E-state index is -2.62. The number of carbonyl (C=O) groups is 1. The number of rotatable bonds is 8. The third-order valence-corrected chi connectivity index (χ3v) is 6.33. The van der Waals surface area contributed by atoms with E-state index in [2.05, 4.69) is 0 Å². The number of methoxy groups -OCH3 is 2. The lowest BCUT2D eigenvalue weighted by Gasteiger charge is -2.34. The van der Waals surface area contributed by atoms with Gasteiger partial charge in [0.1, 0.15) is 11.0 Å². The number of nitrogens with zero attached hydrogens (tertiary/aromatic N) is 2. The maximum Gasteiger partial charge on any atom is 0.233 e. The SMILES string of the molecule is COc1cc2c(cc1OC)CN(C(C(CCc1ccccc1)N(O)C=O)=S(=O)=O)CC2. The van der Waals surface area contributed by atoms with Crippen LogP contribution in [0.4, 0.5) is 0 Å². The van der Waals surface area contributed by atoms with Crippen LogP contribution in [-0.4, -0.2) is 61.8 Å². The van der Waals surface area contributed by atoms with Gasteiger partial charge in [0.05, 0.1) is 14.2 Å². The molecule has 8 nitrogen and oxygen atoms in total. The minimum absolute atomic E-state index is 0.00836. The Bertz CT molecular complexity index is 1050. The summed E-state index contributed by atoms with van der Waals surface area (Å²) < 4.78 is 35.2. The van der Waals surface area contributed by atoms with Gasteiger partial charge in [-0.2, -0.15) is 8.42 Å². The van der Waals surface area contributed by atoms with Crippen LogP contribution in [0.5, 0.6) is 11.5 Å². The Morgan fingerprint density at radius 3 is 2.39 bits per heavy atom. The highest BCUT2D eigenvalue weighted by Gasteiger charge is 2.31. The van der Waals surface area contributed by atoms with Gasteiger partial charge in [-0.3, -0.25) is 14.9 Å². The number of ether oxygens (including phenoxy) is 2.